The van der Waals surface area contributed by atoms with E-state index in [9.17, 15) is 5.11 Å². The van der Waals surface area contributed by atoms with Crippen molar-refractivity contribution in [2.75, 3.05) is 20.8 Å². The summed E-state index contributed by atoms with van der Waals surface area (Å²) in [6.45, 7) is 2.86. The molecule has 0 heterocycles. The molecule has 2 aromatic rings. The summed E-state index contributed by atoms with van der Waals surface area (Å²) in [4.78, 5) is 0. The van der Waals surface area contributed by atoms with Crippen LogP contribution in [0.25, 0.3) is 0 Å². The molecular weight excluding hydrogens is 278 g/mol. The van der Waals surface area contributed by atoms with Crippen LogP contribution < -0.4 is 14.8 Å². The third-order valence-corrected chi connectivity index (χ3v) is 3.72. The van der Waals surface area contributed by atoms with Crippen molar-refractivity contribution in [3.8, 4) is 17.2 Å². The van der Waals surface area contributed by atoms with Crippen LogP contribution in [0.1, 0.15) is 24.1 Å². The summed E-state index contributed by atoms with van der Waals surface area (Å²) >= 11 is 0. The summed E-state index contributed by atoms with van der Waals surface area (Å²) in [6, 6.07) is 13.4. The Morgan fingerprint density at radius 3 is 2.45 bits per heavy atom. The number of nitrogens with one attached hydrogen (secondary N) is 1. The molecule has 0 bridgehead atoms. The number of phenolic OH excluding ortho intramolecular Hbond substituents is 1. The second-order valence-electron chi connectivity index (χ2n) is 5.17. The van der Waals surface area contributed by atoms with Gasteiger partial charge in [0.1, 0.15) is 5.75 Å². The van der Waals surface area contributed by atoms with Crippen LogP contribution in [0.2, 0.25) is 0 Å². The van der Waals surface area contributed by atoms with Crippen molar-refractivity contribution in [1.82, 2.24) is 5.32 Å². The lowest BCUT2D eigenvalue weighted by atomic mass is 10.1. The van der Waals surface area contributed by atoms with Gasteiger partial charge in [-0.1, -0.05) is 24.3 Å². The van der Waals surface area contributed by atoms with E-state index in [0.717, 1.165) is 30.0 Å². The fourth-order valence-electron chi connectivity index (χ4n) is 2.43. The van der Waals surface area contributed by atoms with Gasteiger partial charge in [-0.25, -0.2) is 0 Å². The van der Waals surface area contributed by atoms with E-state index in [0.29, 0.717) is 5.75 Å². The first-order chi connectivity index (χ1) is 10.7. The maximum atomic E-state index is 9.85. The second-order valence-corrected chi connectivity index (χ2v) is 5.17. The largest absolute Gasteiger partial charge is 0.508 e. The third kappa shape index (κ3) is 3.92. The molecule has 0 spiro atoms. The molecule has 22 heavy (non-hydrogen) atoms. The van der Waals surface area contributed by atoms with Gasteiger partial charge in [-0.3, -0.25) is 0 Å². The molecule has 2 aromatic carbocycles. The van der Waals surface area contributed by atoms with E-state index in [1.54, 1.807) is 20.3 Å². The Hall–Kier alpha value is -2.20. The van der Waals surface area contributed by atoms with Crippen molar-refractivity contribution in [3.05, 3.63) is 53.6 Å². The first-order valence-corrected chi connectivity index (χ1v) is 7.38. The number of rotatable bonds is 7. The molecule has 0 radical (unpaired) electrons. The number of hydrogen-bond donors (Lipinski definition) is 2. The lowest BCUT2D eigenvalue weighted by Gasteiger charge is -2.16. The zero-order valence-electron chi connectivity index (χ0n) is 13.3. The van der Waals surface area contributed by atoms with Crippen molar-refractivity contribution < 1.29 is 14.6 Å². The molecule has 0 saturated heterocycles. The molecule has 0 aliphatic rings. The molecule has 2 rings (SSSR count). The van der Waals surface area contributed by atoms with Crippen LogP contribution in [-0.2, 0) is 6.42 Å². The van der Waals surface area contributed by atoms with E-state index in [-0.39, 0.29) is 6.04 Å². The number of phenols is 1. The van der Waals surface area contributed by atoms with Gasteiger partial charge in [0.05, 0.1) is 14.2 Å². The second kappa shape index (κ2) is 7.71. The van der Waals surface area contributed by atoms with Crippen LogP contribution in [0.5, 0.6) is 17.2 Å². The first-order valence-electron chi connectivity index (χ1n) is 7.38. The highest BCUT2D eigenvalue weighted by atomic mass is 16.5. The Kier molecular flexibility index (Phi) is 5.67. The smallest absolute Gasteiger partial charge is 0.160 e. The quantitative estimate of drug-likeness (QED) is 0.824. The molecular formula is C18H23NO3. The maximum absolute atomic E-state index is 9.85. The number of ether oxygens (including phenoxy) is 2. The zero-order chi connectivity index (χ0) is 15.9. The van der Waals surface area contributed by atoms with Gasteiger partial charge in [-0.2, -0.15) is 0 Å². The predicted octanol–water partition coefficient (Wildman–Crippen LogP) is 3.30. The molecule has 0 amide bonds. The maximum Gasteiger partial charge on any atom is 0.160 e. The van der Waals surface area contributed by atoms with E-state index in [2.05, 4.69) is 5.32 Å². The van der Waals surface area contributed by atoms with Gasteiger partial charge in [-0.15, -0.1) is 0 Å². The number of aromatic hydroxyl groups is 1. The molecule has 4 nitrogen and oxygen atoms in total. The van der Waals surface area contributed by atoms with Gasteiger partial charge in [-0.05, 0) is 43.7 Å². The van der Waals surface area contributed by atoms with Crippen LogP contribution in [-0.4, -0.2) is 25.9 Å². The van der Waals surface area contributed by atoms with Crippen LogP contribution in [0, 0.1) is 0 Å². The van der Waals surface area contributed by atoms with Crippen molar-refractivity contribution in [2.24, 2.45) is 0 Å². The van der Waals surface area contributed by atoms with E-state index < -0.39 is 0 Å². The average Bonchev–Trinajstić information content (AvgIpc) is 2.55. The summed E-state index contributed by atoms with van der Waals surface area (Å²) in [5, 5.41) is 13.3. The molecule has 0 saturated carbocycles. The van der Waals surface area contributed by atoms with Crippen LogP contribution in [0.15, 0.2) is 42.5 Å². The average molecular weight is 301 g/mol. The topological polar surface area (TPSA) is 50.7 Å². The molecule has 2 N–H and O–H groups in total. The van der Waals surface area contributed by atoms with Gasteiger partial charge in [0, 0.05) is 11.6 Å². The number of benzene rings is 2. The van der Waals surface area contributed by atoms with E-state index in [1.165, 1.54) is 5.56 Å². The minimum Gasteiger partial charge on any atom is -0.508 e. The Balaban J connectivity index is 1.92. The standard InChI is InChI=1S/C18H23NO3/c1-13(15-6-4-5-7-16(15)20)19-11-10-14-8-9-17(21-2)18(12-14)22-3/h4-9,12-13,19-20H,10-11H2,1-3H3/t13-/m1/s1. The number of hydrogen-bond acceptors (Lipinski definition) is 4. The Bertz CT molecular complexity index is 613. The lowest BCUT2D eigenvalue weighted by Crippen LogP contribution is -2.21. The first kappa shape index (κ1) is 16.2. The molecule has 0 aliphatic carbocycles. The lowest BCUT2D eigenvalue weighted by molar-refractivity contribution is 0.354. The van der Waals surface area contributed by atoms with E-state index >= 15 is 0 Å². The summed E-state index contributed by atoms with van der Waals surface area (Å²) in [6.07, 6.45) is 0.873. The summed E-state index contributed by atoms with van der Waals surface area (Å²) in [5.41, 5.74) is 2.09. The Labute approximate surface area is 131 Å². The van der Waals surface area contributed by atoms with E-state index in [1.807, 2.05) is 43.3 Å². The van der Waals surface area contributed by atoms with Gasteiger partial charge < -0.3 is 19.9 Å². The Morgan fingerprint density at radius 1 is 1.05 bits per heavy atom. The van der Waals surface area contributed by atoms with Crippen molar-refractivity contribution in [1.29, 1.82) is 0 Å². The fraction of sp³-hybridized carbons (Fsp3) is 0.333. The highest BCUT2D eigenvalue weighted by Gasteiger charge is 2.09. The van der Waals surface area contributed by atoms with Crippen molar-refractivity contribution in [2.45, 2.75) is 19.4 Å². The fourth-order valence-corrected chi connectivity index (χ4v) is 2.43. The molecule has 0 unspecified atom stereocenters. The van der Waals surface area contributed by atoms with Gasteiger partial charge in [0.15, 0.2) is 11.5 Å². The minimum absolute atomic E-state index is 0.0985. The highest BCUT2D eigenvalue weighted by molar-refractivity contribution is 5.43. The summed E-state index contributed by atoms with van der Waals surface area (Å²) < 4.78 is 10.5. The third-order valence-electron chi connectivity index (χ3n) is 3.72. The predicted molar refractivity (Wildman–Crippen MR) is 87.8 cm³/mol. The van der Waals surface area contributed by atoms with Crippen molar-refractivity contribution >= 4 is 0 Å². The Morgan fingerprint density at radius 2 is 1.77 bits per heavy atom. The molecule has 0 aromatic heterocycles. The van der Waals surface area contributed by atoms with Crippen molar-refractivity contribution in [3.63, 3.8) is 0 Å². The summed E-state index contributed by atoms with van der Waals surface area (Å²) in [5.74, 6) is 1.81. The zero-order valence-corrected chi connectivity index (χ0v) is 13.3. The SMILES string of the molecule is COc1ccc(CCN[C@H](C)c2ccccc2O)cc1OC. The molecule has 0 fully saturated rings. The highest BCUT2D eigenvalue weighted by Crippen LogP contribution is 2.28. The van der Waals surface area contributed by atoms with Crippen LogP contribution in [0.4, 0.5) is 0 Å². The normalized spacial score (nSPS) is 12.0. The van der Waals surface area contributed by atoms with Gasteiger partial charge >= 0.3 is 0 Å². The molecule has 4 heteroatoms. The number of para-hydroxylation sites is 1. The van der Waals surface area contributed by atoms with E-state index in [4.69, 9.17) is 9.47 Å². The molecule has 118 valence electrons. The van der Waals surface area contributed by atoms with Gasteiger partial charge in [0.2, 0.25) is 0 Å². The van der Waals surface area contributed by atoms with Crippen LogP contribution >= 0.6 is 0 Å². The van der Waals surface area contributed by atoms with Crippen LogP contribution in [0.3, 0.4) is 0 Å². The monoisotopic (exact) mass is 301 g/mol. The summed E-state index contributed by atoms with van der Waals surface area (Å²) in [7, 11) is 3.27. The van der Waals surface area contributed by atoms with Gasteiger partial charge in [0.25, 0.3) is 0 Å². The molecule has 0 aliphatic heterocycles. The molecule has 1 atom stereocenters. The minimum atomic E-state index is 0.0985. The number of methoxy groups -OCH3 is 2.